The van der Waals surface area contributed by atoms with Crippen molar-refractivity contribution < 1.29 is 4.79 Å². The second-order valence-corrected chi connectivity index (χ2v) is 10.4. The fourth-order valence-corrected chi connectivity index (χ4v) is 6.47. The fraction of sp³-hybridized carbons (Fsp3) is 0.308. The topological polar surface area (TPSA) is 137 Å². The summed E-state index contributed by atoms with van der Waals surface area (Å²) in [7, 11) is 0. The van der Waals surface area contributed by atoms with Gasteiger partial charge < -0.3 is 26.3 Å². The number of anilines is 4. The van der Waals surface area contributed by atoms with Crippen molar-refractivity contribution in [3.63, 3.8) is 0 Å². The molecule has 10 nitrogen and oxygen atoms in total. The Morgan fingerprint density at radius 1 is 1.16 bits per heavy atom. The van der Waals surface area contributed by atoms with Crippen molar-refractivity contribution in [1.82, 2.24) is 24.8 Å². The van der Waals surface area contributed by atoms with Gasteiger partial charge in [0.1, 0.15) is 22.8 Å². The molecule has 0 spiro atoms. The van der Waals surface area contributed by atoms with E-state index in [-0.39, 0.29) is 11.8 Å². The number of piperazine rings is 1. The lowest BCUT2D eigenvalue weighted by Crippen LogP contribution is -2.51. The van der Waals surface area contributed by atoms with Crippen LogP contribution in [0.1, 0.15) is 22.4 Å². The van der Waals surface area contributed by atoms with E-state index in [0.29, 0.717) is 24.3 Å². The molecule has 0 radical (unpaired) electrons. The number of aryl methyl sites for hydroxylation is 1. The number of benzene rings is 1. The van der Waals surface area contributed by atoms with E-state index in [1.165, 1.54) is 16.7 Å². The fourth-order valence-electron chi connectivity index (χ4n) is 5.20. The molecule has 6 rings (SSSR count). The molecule has 1 amide bonds. The van der Waals surface area contributed by atoms with Crippen molar-refractivity contribution in [3.05, 3.63) is 59.1 Å². The average molecular weight is 514 g/mol. The quantitative estimate of drug-likeness (QED) is 0.273. The van der Waals surface area contributed by atoms with E-state index in [2.05, 4.69) is 30.2 Å². The minimum atomic E-state index is -0.0137. The standard InChI is InChI=1S/C26H27N9OS/c27-13-17-11-18(2-4-20(17)28)33-24-23-19-3-1-16(12-21(19)37-25(23)32-15-31-24)26(36)35-9-7-34(8-10-35)22-14-29-5-6-30-22/h2,4-6,11,13-16,27H,1,3,7-10,12,28H2,(H,31,32,33). The van der Waals surface area contributed by atoms with Crippen molar-refractivity contribution in [2.75, 3.05) is 42.1 Å². The van der Waals surface area contributed by atoms with Crippen LogP contribution in [0.4, 0.5) is 23.0 Å². The molecule has 4 aromatic rings. The number of nitrogens with one attached hydrogen (secondary N) is 2. The number of thiophene rings is 1. The first kappa shape index (κ1) is 23.3. The van der Waals surface area contributed by atoms with Crippen LogP contribution in [-0.4, -0.2) is 63.1 Å². The predicted octanol–water partition coefficient (Wildman–Crippen LogP) is 3.26. The Bertz CT molecular complexity index is 1460. The van der Waals surface area contributed by atoms with Crippen LogP contribution in [0, 0.1) is 11.3 Å². The van der Waals surface area contributed by atoms with Gasteiger partial charge in [-0.3, -0.25) is 9.78 Å². The lowest BCUT2D eigenvalue weighted by molar-refractivity contribution is -0.136. The van der Waals surface area contributed by atoms with Crippen molar-refractivity contribution in [3.8, 4) is 0 Å². The predicted molar refractivity (Wildman–Crippen MR) is 146 cm³/mol. The smallest absolute Gasteiger partial charge is 0.226 e. The second kappa shape index (κ2) is 9.74. The van der Waals surface area contributed by atoms with Gasteiger partial charge in [-0.05, 0) is 43.0 Å². The molecular formula is C26H27N9OS. The highest BCUT2D eigenvalue weighted by molar-refractivity contribution is 7.19. The minimum absolute atomic E-state index is 0.0137. The van der Waals surface area contributed by atoms with Gasteiger partial charge in [0.05, 0.1) is 11.6 Å². The molecule has 37 heavy (non-hydrogen) atoms. The van der Waals surface area contributed by atoms with Crippen LogP contribution in [0.5, 0.6) is 0 Å². The molecule has 1 aromatic carbocycles. The van der Waals surface area contributed by atoms with Gasteiger partial charge in [0.2, 0.25) is 5.91 Å². The van der Waals surface area contributed by atoms with Crippen molar-refractivity contribution in [1.29, 1.82) is 5.41 Å². The lowest BCUT2D eigenvalue weighted by atomic mass is 9.86. The van der Waals surface area contributed by atoms with Crippen LogP contribution >= 0.6 is 11.3 Å². The van der Waals surface area contributed by atoms with Gasteiger partial charge in [-0.15, -0.1) is 11.3 Å². The highest BCUT2D eigenvalue weighted by atomic mass is 32.1. The molecule has 3 aromatic heterocycles. The number of amides is 1. The molecule has 2 aliphatic rings. The number of carbonyl (C=O) groups excluding carboxylic acids is 1. The first-order valence-corrected chi connectivity index (χ1v) is 13.1. The number of hydrogen-bond acceptors (Lipinski definition) is 10. The number of nitrogen functional groups attached to an aromatic ring is 1. The number of fused-ring (bicyclic) bond motifs is 3. The van der Waals surface area contributed by atoms with Gasteiger partial charge in [0, 0.05) is 72.5 Å². The normalized spacial score (nSPS) is 17.5. The summed E-state index contributed by atoms with van der Waals surface area (Å²) in [5.41, 5.74) is 9.21. The summed E-state index contributed by atoms with van der Waals surface area (Å²) in [5.74, 6) is 1.83. The first-order valence-electron chi connectivity index (χ1n) is 12.3. The Morgan fingerprint density at radius 3 is 2.81 bits per heavy atom. The monoisotopic (exact) mass is 513 g/mol. The summed E-state index contributed by atoms with van der Waals surface area (Å²) in [6.07, 6.45) is 10.3. The van der Waals surface area contributed by atoms with E-state index in [1.807, 2.05) is 17.0 Å². The lowest BCUT2D eigenvalue weighted by Gasteiger charge is -2.37. The molecule has 11 heteroatoms. The van der Waals surface area contributed by atoms with E-state index < -0.39 is 0 Å². The van der Waals surface area contributed by atoms with E-state index in [0.717, 1.165) is 59.9 Å². The summed E-state index contributed by atoms with van der Waals surface area (Å²) in [4.78, 5) is 37.4. The van der Waals surface area contributed by atoms with Gasteiger partial charge in [0.15, 0.2) is 0 Å². The summed E-state index contributed by atoms with van der Waals surface area (Å²) in [6, 6.07) is 5.51. The van der Waals surface area contributed by atoms with Crippen molar-refractivity contribution in [2.45, 2.75) is 19.3 Å². The van der Waals surface area contributed by atoms with Gasteiger partial charge in [-0.25, -0.2) is 15.0 Å². The van der Waals surface area contributed by atoms with Gasteiger partial charge >= 0.3 is 0 Å². The van der Waals surface area contributed by atoms with E-state index in [9.17, 15) is 4.79 Å². The van der Waals surface area contributed by atoms with Crippen molar-refractivity contribution in [2.24, 2.45) is 5.92 Å². The third-order valence-corrected chi connectivity index (χ3v) is 8.33. The summed E-state index contributed by atoms with van der Waals surface area (Å²) < 4.78 is 0. The molecule has 188 valence electrons. The van der Waals surface area contributed by atoms with Crippen LogP contribution < -0.4 is 16.0 Å². The molecule has 0 saturated carbocycles. The molecular weight excluding hydrogens is 486 g/mol. The number of aromatic nitrogens is 4. The highest BCUT2D eigenvalue weighted by Crippen LogP contribution is 2.41. The third kappa shape index (κ3) is 4.46. The minimum Gasteiger partial charge on any atom is -0.398 e. The molecule has 1 aliphatic heterocycles. The summed E-state index contributed by atoms with van der Waals surface area (Å²) in [5, 5.41) is 12.0. The van der Waals surface area contributed by atoms with E-state index in [1.54, 1.807) is 42.3 Å². The maximum Gasteiger partial charge on any atom is 0.226 e. The molecule has 1 saturated heterocycles. The molecule has 1 aliphatic carbocycles. The van der Waals surface area contributed by atoms with Gasteiger partial charge in [-0.1, -0.05) is 0 Å². The largest absolute Gasteiger partial charge is 0.398 e. The third-order valence-electron chi connectivity index (χ3n) is 7.16. The first-order chi connectivity index (χ1) is 18.1. The van der Waals surface area contributed by atoms with Crippen LogP contribution in [0.2, 0.25) is 0 Å². The molecule has 1 fully saturated rings. The number of hydrogen-bond donors (Lipinski definition) is 3. The molecule has 1 atom stereocenters. The Kier molecular flexibility index (Phi) is 6.13. The Hall–Kier alpha value is -4.12. The SMILES string of the molecule is N=Cc1cc(Nc2ncnc3sc4c(c23)CCC(C(=O)N2CCN(c3cnccn3)CC2)C4)ccc1N. The number of nitrogens with two attached hydrogens (primary N) is 1. The number of nitrogens with zero attached hydrogens (tertiary/aromatic N) is 6. The zero-order chi connectivity index (χ0) is 25.4. The maximum atomic E-state index is 13.4. The summed E-state index contributed by atoms with van der Waals surface area (Å²) in [6.45, 7) is 2.93. The van der Waals surface area contributed by atoms with E-state index >= 15 is 0 Å². The van der Waals surface area contributed by atoms with Gasteiger partial charge in [-0.2, -0.15) is 0 Å². The molecule has 1 unspecified atom stereocenters. The van der Waals surface area contributed by atoms with E-state index in [4.69, 9.17) is 11.1 Å². The van der Waals surface area contributed by atoms with Crippen LogP contribution in [0.25, 0.3) is 10.2 Å². The van der Waals surface area contributed by atoms with Crippen molar-refractivity contribution >= 4 is 56.7 Å². The van der Waals surface area contributed by atoms with Crippen LogP contribution in [0.3, 0.4) is 0 Å². The van der Waals surface area contributed by atoms with Gasteiger partial charge in [0.25, 0.3) is 0 Å². The molecule has 0 bridgehead atoms. The van der Waals surface area contributed by atoms with Crippen LogP contribution in [-0.2, 0) is 17.6 Å². The Labute approximate surface area is 218 Å². The summed E-state index contributed by atoms with van der Waals surface area (Å²) >= 11 is 1.66. The van der Waals surface area contributed by atoms with Crippen LogP contribution in [0.15, 0.2) is 43.1 Å². The average Bonchev–Trinajstić information content (AvgIpc) is 3.33. The number of rotatable bonds is 5. The Balaban J connectivity index is 1.18. The highest BCUT2D eigenvalue weighted by Gasteiger charge is 2.33. The number of carbonyl (C=O) groups is 1. The Morgan fingerprint density at radius 2 is 2.03 bits per heavy atom. The maximum absolute atomic E-state index is 13.4. The zero-order valence-electron chi connectivity index (χ0n) is 20.2. The molecule has 4 N–H and O–H groups in total. The zero-order valence-corrected chi connectivity index (χ0v) is 21.0. The molecule has 4 heterocycles. The second-order valence-electron chi connectivity index (χ2n) is 9.33.